The van der Waals surface area contributed by atoms with Gasteiger partial charge in [0.1, 0.15) is 5.75 Å². The second-order valence-electron chi connectivity index (χ2n) is 4.19. The summed E-state index contributed by atoms with van der Waals surface area (Å²) in [6.07, 6.45) is 0. The number of hydrogen-bond donors (Lipinski definition) is 1. The molecule has 0 amide bonds. The van der Waals surface area contributed by atoms with Crippen LogP contribution >= 0.6 is 0 Å². The van der Waals surface area contributed by atoms with E-state index in [4.69, 9.17) is 15.2 Å². The van der Waals surface area contributed by atoms with Crippen LogP contribution in [0.5, 0.6) is 5.75 Å². The highest BCUT2D eigenvalue weighted by Crippen LogP contribution is 2.24. The predicted molar refractivity (Wildman–Crippen MR) is 70.5 cm³/mol. The van der Waals surface area contributed by atoms with Crippen molar-refractivity contribution in [3.05, 3.63) is 23.8 Å². The van der Waals surface area contributed by atoms with Crippen LogP contribution in [0.15, 0.2) is 23.1 Å². The quantitative estimate of drug-likeness (QED) is 0.853. The molecule has 0 spiro atoms. The van der Waals surface area contributed by atoms with E-state index >= 15 is 0 Å². The normalized spacial score (nSPS) is 17.4. The lowest BCUT2D eigenvalue weighted by Gasteiger charge is -2.26. The monoisotopic (exact) mass is 286 g/mol. The number of nitrogens with two attached hydrogens (primary N) is 1. The lowest BCUT2D eigenvalue weighted by Crippen LogP contribution is -2.40. The maximum absolute atomic E-state index is 12.4. The zero-order chi connectivity index (χ0) is 13.9. The van der Waals surface area contributed by atoms with Gasteiger partial charge in [-0.15, -0.1) is 0 Å². The van der Waals surface area contributed by atoms with Crippen molar-refractivity contribution in [2.75, 3.05) is 33.4 Å². The molecule has 6 nitrogen and oxygen atoms in total. The molecule has 0 unspecified atom stereocenters. The van der Waals surface area contributed by atoms with E-state index in [0.29, 0.717) is 37.6 Å². The molecule has 0 radical (unpaired) electrons. The largest absolute Gasteiger partial charge is 0.496 e. The first-order valence-corrected chi connectivity index (χ1v) is 7.48. The summed E-state index contributed by atoms with van der Waals surface area (Å²) in [6, 6.07) is 4.75. The van der Waals surface area contributed by atoms with Crippen molar-refractivity contribution in [2.45, 2.75) is 11.4 Å². The molecule has 19 heavy (non-hydrogen) atoms. The maximum atomic E-state index is 12.4. The van der Waals surface area contributed by atoms with E-state index in [1.807, 2.05) is 0 Å². The molecule has 2 N–H and O–H groups in total. The average Bonchev–Trinajstić information content (AvgIpc) is 2.47. The number of morpholine rings is 1. The van der Waals surface area contributed by atoms with E-state index in [2.05, 4.69) is 0 Å². The van der Waals surface area contributed by atoms with Crippen LogP contribution in [0, 0.1) is 0 Å². The fraction of sp³-hybridized carbons (Fsp3) is 0.500. The minimum absolute atomic E-state index is 0.232. The van der Waals surface area contributed by atoms with Gasteiger partial charge < -0.3 is 15.2 Å². The second kappa shape index (κ2) is 5.87. The lowest BCUT2D eigenvalue weighted by atomic mass is 10.2. The third-order valence-electron chi connectivity index (χ3n) is 3.08. The van der Waals surface area contributed by atoms with Gasteiger partial charge in [-0.25, -0.2) is 8.42 Å². The minimum atomic E-state index is -3.48. The molecular weight excluding hydrogens is 268 g/mol. The lowest BCUT2D eigenvalue weighted by molar-refractivity contribution is 0.0730. The van der Waals surface area contributed by atoms with Gasteiger partial charge in [0, 0.05) is 25.2 Å². The third-order valence-corrected chi connectivity index (χ3v) is 4.97. The first-order chi connectivity index (χ1) is 9.09. The molecule has 106 valence electrons. The maximum Gasteiger partial charge on any atom is 0.243 e. The van der Waals surface area contributed by atoms with Crippen LogP contribution < -0.4 is 10.5 Å². The summed E-state index contributed by atoms with van der Waals surface area (Å²) >= 11 is 0. The summed E-state index contributed by atoms with van der Waals surface area (Å²) in [7, 11) is -1.95. The number of sulfonamides is 1. The second-order valence-corrected chi connectivity index (χ2v) is 6.13. The molecule has 1 saturated heterocycles. The molecule has 1 aromatic rings. The number of ether oxygens (including phenoxy) is 2. The van der Waals surface area contributed by atoms with E-state index in [0.717, 1.165) is 0 Å². The van der Waals surface area contributed by atoms with Gasteiger partial charge in [0.05, 0.1) is 25.2 Å². The van der Waals surface area contributed by atoms with Crippen LogP contribution in [0.1, 0.15) is 5.56 Å². The van der Waals surface area contributed by atoms with Crippen LogP contribution in [0.25, 0.3) is 0 Å². The highest BCUT2D eigenvalue weighted by atomic mass is 32.2. The Hall–Kier alpha value is -1.15. The number of rotatable bonds is 4. The van der Waals surface area contributed by atoms with E-state index in [9.17, 15) is 8.42 Å². The summed E-state index contributed by atoms with van der Waals surface area (Å²) in [5, 5.41) is 0. The van der Waals surface area contributed by atoms with E-state index in [1.165, 1.54) is 11.4 Å². The fourth-order valence-corrected chi connectivity index (χ4v) is 3.47. The van der Waals surface area contributed by atoms with E-state index < -0.39 is 10.0 Å². The Morgan fingerprint density at radius 1 is 1.37 bits per heavy atom. The highest BCUT2D eigenvalue weighted by molar-refractivity contribution is 7.89. The Labute approximate surface area is 113 Å². The van der Waals surface area contributed by atoms with Crippen molar-refractivity contribution in [3.8, 4) is 5.75 Å². The molecule has 1 aliphatic rings. The third kappa shape index (κ3) is 2.89. The summed E-state index contributed by atoms with van der Waals surface area (Å²) in [5.41, 5.74) is 6.29. The zero-order valence-corrected chi connectivity index (χ0v) is 11.6. The van der Waals surface area contributed by atoms with Crippen molar-refractivity contribution in [3.63, 3.8) is 0 Å². The Morgan fingerprint density at radius 3 is 2.63 bits per heavy atom. The van der Waals surface area contributed by atoms with Crippen molar-refractivity contribution < 1.29 is 17.9 Å². The van der Waals surface area contributed by atoms with Crippen molar-refractivity contribution in [1.82, 2.24) is 4.31 Å². The van der Waals surface area contributed by atoms with Gasteiger partial charge in [-0.1, -0.05) is 0 Å². The topological polar surface area (TPSA) is 81.9 Å². The fourth-order valence-electron chi connectivity index (χ4n) is 2.01. The van der Waals surface area contributed by atoms with Crippen LogP contribution in [0.4, 0.5) is 0 Å². The predicted octanol–water partition coefficient (Wildman–Crippen LogP) is 0.175. The van der Waals surface area contributed by atoms with E-state index in [1.54, 1.807) is 18.2 Å². The number of nitrogens with zero attached hydrogens (tertiary/aromatic N) is 1. The summed E-state index contributed by atoms with van der Waals surface area (Å²) < 4.78 is 36.6. The smallest absolute Gasteiger partial charge is 0.243 e. The molecule has 0 bridgehead atoms. The van der Waals surface area contributed by atoms with Crippen molar-refractivity contribution in [2.24, 2.45) is 5.73 Å². The van der Waals surface area contributed by atoms with Crippen molar-refractivity contribution in [1.29, 1.82) is 0 Å². The number of benzene rings is 1. The van der Waals surface area contributed by atoms with Crippen LogP contribution in [0.2, 0.25) is 0 Å². The molecule has 1 heterocycles. The highest BCUT2D eigenvalue weighted by Gasteiger charge is 2.26. The molecule has 0 atom stereocenters. The van der Waals surface area contributed by atoms with Gasteiger partial charge in [0.2, 0.25) is 10.0 Å². The molecule has 0 saturated carbocycles. The Bertz CT molecular complexity index is 539. The molecule has 0 aromatic heterocycles. The molecule has 1 fully saturated rings. The molecule has 1 aromatic carbocycles. The molecule has 2 rings (SSSR count). The van der Waals surface area contributed by atoms with Gasteiger partial charge in [-0.3, -0.25) is 0 Å². The summed E-state index contributed by atoms with van der Waals surface area (Å²) in [5.74, 6) is 0.600. The van der Waals surface area contributed by atoms with Crippen LogP contribution in [-0.2, 0) is 21.3 Å². The van der Waals surface area contributed by atoms with E-state index in [-0.39, 0.29) is 11.4 Å². The van der Waals surface area contributed by atoms with Gasteiger partial charge in [-0.2, -0.15) is 4.31 Å². The standard InChI is InChI=1S/C12H18N2O4S/c1-17-12-3-2-11(8-10(12)9-13)19(15,16)14-4-6-18-7-5-14/h2-3,8H,4-7,9,13H2,1H3. The Morgan fingerprint density at radius 2 is 2.05 bits per heavy atom. The minimum Gasteiger partial charge on any atom is -0.496 e. The number of methoxy groups -OCH3 is 1. The van der Waals surface area contributed by atoms with Gasteiger partial charge in [0.25, 0.3) is 0 Å². The SMILES string of the molecule is COc1ccc(S(=O)(=O)N2CCOCC2)cc1CN. The van der Waals surface area contributed by atoms with Crippen LogP contribution in [-0.4, -0.2) is 46.1 Å². The molecule has 0 aliphatic carbocycles. The van der Waals surface area contributed by atoms with Gasteiger partial charge in [-0.05, 0) is 18.2 Å². The zero-order valence-electron chi connectivity index (χ0n) is 10.8. The number of hydrogen-bond acceptors (Lipinski definition) is 5. The molecule has 1 aliphatic heterocycles. The van der Waals surface area contributed by atoms with Crippen molar-refractivity contribution >= 4 is 10.0 Å². The Kier molecular flexibility index (Phi) is 4.41. The average molecular weight is 286 g/mol. The Balaban J connectivity index is 2.34. The molecular formula is C12H18N2O4S. The first kappa shape index (κ1) is 14.3. The summed E-state index contributed by atoms with van der Waals surface area (Å²) in [6.45, 7) is 1.85. The van der Waals surface area contributed by atoms with Gasteiger partial charge in [0.15, 0.2) is 0 Å². The van der Waals surface area contributed by atoms with Crippen LogP contribution in [0.3, 0.4) is 0 Å². The first-order valence-electron chi connectivity index (χ1n) is 6.04. The van der Waals surface area contributed by atoms with Gasteiger partial charge >= 0.3 is 0 Å². The summed E-state index contributed by atoms with van der Waals surface area (Å²) in [4.78, 5) is 0.246. The molecule has 7 heteroatoms.